The van der Waals surface area contributed by atoms with Crippen molar-refractivity contribution in [3.63, 3.8) is 0 Å². The summed E-state index contributed by atoms with van der Waals surface area (Å²) in [6, 6.07) is 13.1. The van der Waals surface area contributed by atoms with E-state index in [4.69, 9.17) is 4.74 Å². The molecule has 0 heterocycles. The van der Waals surface area contributed by atoms with Gasteiger partial charge in [-0.05, 0) is 24.6 Å². The minimum Gasteiger partial charge on any atom is -0.493 e. The van der Waals surface area contributed by atoms with Gasteiger partial charge in [0.1, 0.15) is 5.75 Å². The SMILES string of the molecule is CCCCCCCCOc1ccc([N+](=O)[O-])cc1C(=O)Nc1ccccc1. The molecule has 2 aromatic carbocycles. The number of carbonyl (C=O) groups is 1. The Morgan fingerprint density at radius 2 is 1.74 bits per heavy atom. The summed E-state index contributed by atoms with van der Waals surface area (Å²) in [6.07, 6.45) is 6.79. The highest BCUT2D eigenvalue weighted by Crippen LogP contribution is 2.25. The largest absolute Gasteiger partial charge is 0.493 e. The first kappa shape index (κ1) is 20.4. The number of para-hydroxylation sites is 1. The van der Waals surface area contributed by atoms with Crippen LogP contribution in [0.5, 0.6) is 5.75 Å². The quantitative estimate of drug-likeness (QED) is 0.318. The van der Waals surface area contributed by atoms with Crippen molar-refractivity contribution >= 4 is 17.3 Å². The minimum atomic E-state index is -0.517. The predicted octanol–water partition coefficient (Wildman–Crippen LogP) is 5.59. The zero-order valence-corrected chi connectivity index (χ0v) is 15.6. The number of unbranched alkanes of at least 4 members (excludes halogenated alkanes) is 5. The molecule has 0 radical (unpaired) electrons. The standard InChI is InChI=1S/C21H26N2O4/c1-2-3-4-5-6-10-15-27-20-14-13-18(23(25)26)16-19(20)21(24)22-17-11-8-7-9-12-17/h7-9,11-14,16H,2-6,10,15H2,1H3,(H,22,24). The maximum absolute atomic E-state index is 12.6. The lowest BCUT2D eigenvalue weighted by atomic mass is 10.1. The van der Waals surface area contributed by atoms with Gasteiger partial charge in [0.05, 0.1) is 17.1 Å². The smallest absolute Gasteiger partial charge is 0.270 e. The predicted molar refractivity (Wildman–Crippen MR) is 106 cm³/mol. The zero-order chi connectivity index (χ0) is 19.5. The second-order valence-electron chi connectivity index (χ2n) is 6.37. The zero-order valence-electron chi connectivity index (χ0n) is 15.6. The van der Waals surface area contributed by atoms with E-state index in [9.17, 15) is 14.9 Å². The maximum Gasteiger partial charge on any atom is 0.270 e. The molecule has 27 heavy (non-hydrogen) atoms. The molecule has 0 aliphatic heterocycles. The van der Waals surface area contributed by atoms with Crippen molar-refractivity contribution in [1.29, 1.82) is 0 Å². The summed E-state index contributed by atoms with van der Waals surface area (Å²) in [6.45, 7) is 2.66. The molecule has 0 saturated heterocycles. The molecule has 0 spiro atoms. The third-order valence-electron chi connectivity index (χ3n) is 4.21. The van der Waals surface area contributed by atoms with Crippen LogP contribution in [-0.2, 0) is 0 Å². The Morgan fingerprint density at radius 1 is 1.04 bits per heavy atom. The fraction of sp³-hybridized carbons (Fsp3) is 0.381. The van der Waals surface area contributed by atoms with Crippen LogP contribution in [0.15, 0.2) is 48.5 Å². The number of amides is 1. The molecule has 0 unspecified atom stereocenters. The molecule has 0 atom stereocenters. The lowest BCUT2D eigenvalue weighted by molar-refractivity contribution is -0.384. The topological polar surface area (TPSA) is 81.5 Å². The Kier molecular flexibility index (Phi) is 8.29. The molecule has 2 rings (SSSR count). The molecule has 0 bridgehead atoms. The molecule has 2 aromatic rings. The van der Waals surface area contributed by atoms with Crippen LogP contribution in [0, 0.1) is 10.1 Å². The first-order valence-corrected chi connectivity index (χ1v) is 9.39. The number of ether oxygens (including phenoxy) is 1. The van der Waals surface area contributed by atoms with Crippen molar-refractivity contribution in [3.05, 3.63) is 64.2 Å². The van der Waals surface area contributed by atoms with E-state index in [0.717, 1.165) is 12.8 Å². The van der Waals surface area contributed by atoms with Gasteiger partial charge in [-0.25, -0.2) is 0 Å². The van der Waals surface area contributed by atoms with Gasteiger partial charge in [0.15, 0.2) is 0 Å². The number of rotatable bonds is 11. The Labute approximate surface area is 159 Å². The van der Waals surface area contributed by atoms with Crippen LogP contribution < -0.4 is 10.1 Å². The van der Waals surface area contributed by atoms with E-state index < -0.39 is 10.8 Å². The van der Waals surface area contributed by atoms with Crippen molar-refractivity contribution < 1.29 is 14.5 Å². The third-order valence-corrected chi connectivity index (χ3v) is 4.21. The van der Waals surface area contributed by atoms with Crippen molar-refractivity contribution in [1.82, 2.24) is 0 Å². The van der Waals surface area contributed by atoms with E-state index in [1.54, 1.807) is 24.3 Å². The summed E-state index contributed by atoms with van der Waals surface area (Å²) in [5, 5.41) is 13.8. The Bertz CT molecular complexity index is 747. The number of benzene rings is 2. The van der Waals surface area contributed by atoms with Gasteiger partial charge in [-0.15, -0.1) is 0 Å². The van der Waals surface area contributed by atoms with Gasteiger partial charge in [0.2, 0.25) is 0 Å². The number of anilines is 1. The van der Waals surface area contributed by atoms with Crippen molar-refractivity contribution in [2.75, 3.05) is 11.9 Å². The normalized spacial score (nSPS) is 10.4. The Hall–Kier alpha value is -2.89. The molecule has 6 heteroatoms. The van der Waals surface area contributed by atoms with Crippen LogP contribution in [0.4, 0.5) is 11.4 Å². The Morgan fingerprint density at radius 3 is 2.44 bits per heavy atom. The molecule has 1 N–H and O–H groups in total. The molecule has 0 aliphatic carbocycles. The molecule has 0 aromatic heterocycles. The molecule has 1 amide bonds. The van der Waals surface area contributed by atoms with E-state index >= 15 is 0 Å². The van der Waals surface area contributed by atoms with Gasteiger partial charge < -0.3 is 10.1 Å². The molecule has 144 valence electrons. The summed E-state index contributed by atoms with van der Waals surface area (Å²) in [4.78, 5) is 23.1. The Balaban J connectivity index is 2.02. The van der Waals surface area contributed by atoms with Crippen molar-refractivity contribution in [2.24, 2.45) is 0 Å². The fourth-order valence-electron chi connectivity index (χ4n) is 2.72. The number of carbonyl (C=O) groups excluding carboxylic acids is 1. The van der Waals surface area contributed by atoms with Gasteiger partial charge in [0, 0.05) is 17.8 Å². The number of nitrogens with zero attached hydrogens (tertiary/aromatic N) is 1. The van der Waals surface area contributed by atoms with Crippen LogP contribution in [0.1, 0.15) is 55.8 Å². The lowest BCUT2D eigenvalue weighted by Gasteiger charge is -2.12. The van der Waals surface area contributed by atoms with Crippen LogP contribution >= 0.6 is 0 Å². The van der Waals surface area contributed by atoms with Gasteiger partial charge >= 0.3 is 0 Å². The van der Waals surface area contributed by atoms with E-state index in [-0.39, 0.29) is 11.3 Å². The van der Waals surface area contributed by atoms with Crippen LogP contribution in [-0.4, -0.2) is 17.4 Å². The van der Waals surface area contributed by atoms with Crippen LogP contribution in [0.25, 0.3) is 0 Å². The highest BCUT2D eigenvalue weighted by Gasteiger charge is 2.18. The average molecular weight is 370 g/mol. The average Bonchev–Trinajstić information content (AvgIpc) is 2.68. The van der Waals surface area contributed by atoms with E-state index in [2.05, 4.69) is 12.2 Å². The molecular weight excluding hydrogens is 344 g/mol. The second-order valence-corrected chi connectivity index (χ2v) is 6.37. The number of hydrogen-bond acceptors (Lipinski definition) is 4. The van der Waals surface area contributed by atoms with E-state index in [0.29, 0.717) is 18.0 Å². The van der Waals surface area contributed by atoms with Gasteiger partial charge in [-0.1, -0.05) is 57.2 Å². The molecule has 0 aliphatic rings. The fourth-order valence-corrected chi connectivity index (χ4v) is 2.72. The maximum atomic E-state index is 12.6. The van der Waals surface area contributed by atoms with Gasteiger partial charge in [-0.3, -0.25) is 14.9 Å². The van der Waals surface area contributed by atoms with Gasteiger partial charge in [0.25, 0.3) is 11.6 Å². The highest BCUT2D eigenvalue weighted by atomic mass is 16.6. The van der Waals surface area contributed by atoms with Crippen molar-refractivity contribution in [3.8, 4) is 5.75 Å². The molecule has 0 saturated carbocycles. The second kappa shape index (κ2) is 11.0. The lowest BCUT2D eigenvalue weighted by Crippen LogP contribution is -2.14. The third kappa shape index (κ3) is 6.73. The monoisotopic (exact) mass is 370 g/mol. The number of nitrogens with one attached hydrogen (secondary N) is 1. The summed E-state index contributed by atoms with van der Waals surface area (Å²) in [7, 11) is 0. The molecule has 6 nitrogen and oxygen atoms in total. The van der Waals surface area contributed by atoms with Crippen molar-refractivity contribution in [2.45, 2.75) is 45.4 Å². The summed E-state index contributed by atoms with van der Waals surface area (Å²) >= 11 is 0. The first-order chi connectivity index (χ1) is 13.1. The molecular formula is C21H26N2O4. The summed E-state index contributed by atoms with van der Waals surface area (Å²) in [5.41, 5.74) is 0.648. The number of nitro groups is 1. The summed E-state index contributed by atoms with van der Waals surface area (Å²) < 4.78 is 5.75. The highest BCUT2D eigenvalue weighted by molar-refractivity contribution is 6.06. The van der Waals surface area contributed by atoms with Crippen LogP contribution in [0.2, 0.25) is 0 Å². The minimum absolute atomic E-state index is 0.139. The van der Waals surface area contributed by atoms with E-state index in [1.165, 1.54) is 43.9 Å². The van der Waals surface area contributed by atoms with Crippen LogP contribution in [0.3, 0.4) is 0 Å². The first-order valence-electron chi connectivity index (χ1n) is 9.39. The van der Waals surface area contributed by atoms with E-state index in [1.807, 2.05) is 6.07 Å². The summed E-state index contributed by atoms with van der Waals surface area (Å²) in [5.74, 6) is -0.0644. The number of nitro benzene ring substituents is 1. The molecule has 0 fully saturated rings. The number of hydrogen-bond donors (Lipinski definition) is 1. The number of non-ortho nitro benzene ring substituents is 1. The van der Waals surface area contributed by atoms with Gasteiger partial charge in [-0.2, -0.15) is 0 Å².